The molecule has 29 heavy (non-hydrogen) atoms. The van der Waals surface area contributed by atoms with Gasteiger partial charge in [0.1, 0.15) is 0 Å². The summed E-state index contributed by atoms with van der Waals surface area (Å²) >= 11 is 0. The first kappa shape index (κ1) is 17.7. The summed E-state index contributed by atoms with van der Waals surface area (Å²) in [6.07, 6.45) is 4.27. The molecule has 1 atom stereocenters. The van der Waals surface area contributed by atoms with E-state index in [0.717, 1.165) is 35.7 Å². The number of anilines is 2. The topological polar surface area (TPSA) is 75.4 Å². The summed E-state index contributed by atoms with van der Waals surface area (Å²) in [4.78, 5) is 31.0. The van der Waals surface area contributed by atoms with Crippen LogP contribution in [0.25, 0.3) is 11.3 Å². The van der Waals surface area contributed by atoms with Crippen LogP contribution in [-0.2, 0) is 9.59 Å². The van der Waals surface area contributed by atoms with Crippen LogP contribution in [0.15, 0.2) is 65.2 Å². The van der Waals surface area contributed by atoms with Gasteiger partial charge in [0.2, 0.25) is 11.8 Å². The van der Waals surface area contributed by atoms with Gasteiger partial charge >= 0.3 is 0 Å². The van der Waals surface area contributed by atoms with Crippen LogP contribution >= 0.6 is 0 Å². The van der Waals surface area contributed by atoms with Gasteiger partial charge < -0.3 is 14.6 Å². The van der Waals surface area contributed by atoms with Crippen molar-refractivity contribution in [3.63, 3.8) is 0 Å². The molecule has 1 aromatic heterocycles. The SMILES string of the molecule is O=C(Nc1ccc(-c2cnc(C3CC3)o2)cc1)[C@@H]1CC(=O)N(c2ccccc2)C1. The second-order valence-corrected chi connectivity index (χ2v) is 7.64. The summed E-state index contributed by atoms with van der Waals surface area (Å²) in [5, 5.41) is 2.92. The van der Waals surface area contributed by atoms with Gasteiger partial charge in [-0.25, -0.2) is 4.98 Å². The minimum Gasteiger partial charge on any atom is -0.440 e. The number of nitrogens with one attached hydrogen (secondary N) is 1. The Morgan fingerprint density at radius 3 is 2.55 bits per heavy atom. The third kappa shape index (κ3) is 3.66. The molecule has 0 spiro atoms. The van der Waals surface area contributed by atoms with E-state index in [9.17, 15) is 9.59 Å². The molecule has 5 rings (SSSR count). The Balaban J connectivity index is 1.23. The van der Waals surface area contributed by atoms with E-state index in [0.29, 0.717) is 18.2 Å². The Bertz CT molecular complexity index is 1040. The van der Waals surface area contributed by atoms with Gasteiger partial charge in [-0.3, -0.25) is 9.59 Å². The molecule has 1 saturated carbocycles. The molecule has 0 unspecified atom stereocenters. The average molecular weight is 387 g/mol. The number of hydrogen-bond acceptors (Lipinski definition) is 4. The first-order chi connectivity index (χ1) is 14.2. The van der Waals surface area contributed by atoms with Crippen LogP contribution in [0.1, 0.15) is 31.1 Å². The van der Waals surface area contributed by atoms with E-state index in [4.69, 9.17) is 4.42 Å². The molecule has 2 heterocycles. The van der Waals surface area contributed by atoms with E-state index >= 15 is 0 Å². The van der Waals surface area contributed by atoms with E-state index in [1.165, 1.54) is 0 Å². The van der Waals surface area contributed by atoms with Crippen molar-refractivity contribution in [2.75, 3.05) is 16.8 Å². The Morgan fingerprint density at radius 2 is 1.83 bits per heavy atom. The highest BCUT2D eigenvalue weighted by molar-refractivity contribution is 6.03. The number of carbonyl (C=O) groups is 2. The Hall–Kier alpha value is -3.41. The molecule has 2 aliphatic rings. The number of amides is 2. The smallest absolute Gasteiger partial charge is 0.229 e. The molecule has 2 fully saturated rings. The van der Waals surface area contributed by atoms with Gasteiger partial charge in [0.25, 0.3) is 0 Å². The highest BCUT2D eigenvalue weighted by Crippen LogP contribution is 2.40. The van der Waals surface area contributed by atoms with Crippen LogP contribution < -0.4 is 10.2 Å². The van der Waals surface area contributed by atoms with Crippen LogP contribution in [0.3, 0.4) is 0 Å². The molecule has 2 amide bonds. The molecule has 3 aromatic rings. The molecule has 0 bridgehead atoms. The van der Waals surface area contributed by atoms with Gasteiger partial charge in [0.15, 0.2) is 11.7 Å². The molecular weight excluding hydrogens is 366 g/mol. The molecule has 1 N–H and O–H groups in total. The van der Waals surface area contributed by atoms with Crippen molar-refractivity contribution in [1.29, 1.82) is 0 Å². The second-order valence-electron chi connectivity index (χ2n) is 7.64. The number of nitrogens with zero attached hydrogens (tertiary/aromatic N) is 2. The zero-order valence-electron chi connectivity index (χ0n) is 15.9. The maximum atomic E-state index is 12.7. The fraction of sp³-hybridized carbons (Fsp3) is 0.261. The molecule has 1 aliphatic heterocycles. The molecule has 6 heteroatoms. The van der Waals surface area contributed by atoms with Gasteiger partial charge in [-0.15, -0.1) is 0 Å². The molecule has 1 saturated heterocycles. The van der Waals surface area contributed by atoms with E-state index < -0.39 is 0 Å². The number of hydrogen-bond donors (Lipinski definition) is 1. The van der Waals surface area contributed by atoms with Crippen molar-refractivity contribution in [2.45, 2.75) is 25.2 Å². The fourth-order valence-electron chi connectivity index (χ4n) is 3.64. The van der Waals surface area contributed by atoms with Crippen molar-refractivity contribution >= 4 is 23.2 Å². The second kappa shape index (κ2) is 7.20. The predicted octanol–water partition coefficient (Wildman–Crippen LogP) is 4.21. The van der Waals surface area contributed by atoms with Crippen LogP contribution in [0, 0.1) is 5.92 Å². The molecule has 2 aromatic carbocycles. The van der Waals surface area contributed by atoms with E-state index in [1.54, 1.807) is 11.1 Å². The highest BCUT2D eigenvalue weighted by Gasteiger charge is 2.35. The Labute approximate surface area is 168 Å². The summed E-state index contributed by atoms with van der Waals surface area (Å²) in [6.45, 7) is 0.398. The Kier molecular flexibility index (Phi) is 4.39. The number of carbonyl (C=O) groups excluding carboxylic acids is 2. The van der Waals surface area contributed by atoms with Crippen LogP contribution in [0.5, 0.6) is 0 Å². The average Bonchev–Trinajstić information content (AvgIpc) is 3.34. The number of rotatable bonds is 5. The van der Waals surface area contributed by atoms with Gasteiger partial charge in [0.05, 0.1) is 12.1 Å². The lowest BCUT2D eigenvalue weighted by molar-refractivity contribution is -0.122. The summed E-state index contributed by atoms with van der Waals surface area (Å²) < 4.78 is 5.82. The van der Waals surface area contributed by atoms with Crippen molar-refractivity contribution in [1.82, 2.24) is 4.98 Å². The molecular formula is C23H21N3O3. The Morgan fingerprint density at radius 1 is 1.07 bits per heavy atom. The van der Waals surface area contributed by atoms with Crippen molar-refractivity contribution < 1.29 is 14.0 Å². The van der Waals surface area contributed by atoms with Gasteiger partial charge in [-0.2, -0.15) is 0 Å². The maximum absolute atomic E-state index is 12.7. The standard InChI is InChI=1S/C23H21N3O3/c27-21-12-17(14-26(21)19-4-2-1-3-5-19)22(28)25-18-10-8-15(9-11-18)20-13-24-23(29-20)16-6-7-16/h1-5,8-11,13,16-17H,6-7,12,14H2,(H,25,28)/t17-/m1/s1. The lowest BCUT2D eigenvalue weighted by Gasteiger charge is -2.16. The summed E-state index contributed by atoms with van der Waals surface area (Å²) in [6, 6.07) is 17.0. The largest absolute Gasteiger partial charge is 0.440 e. The lowest BCUT2D eigenvalue weighted by atomic mass is 10.1. The quantitative estimate of drug-likeness (QED) is 0.712. The van der Waals surface area contributed by atoms with Crippen molar-refractivity contribution in [2.24, 2.45) is 5.92 Å². The van der Waals surface area contributed by atoms with E-state index in [1.807, 2.05) is 54.6 Å². The first-order valence-electron chi connectivity index (χ1n) is 9.90. The number of aromatic nitrogens is 1. The number of oxazole rings is 1. The van der Waals surface area contributed by atoms with E-state index in [2.05, 4.69) is 10.3 Å². The zero-order chi connectivity index (χ0) is 19.8. The summed E-state index contributed by atoms with van der Waals surface area (Å²) in [7, 11) is 0. The van der Waals surface area contributed by atoms with Gasteiger partial charge in [-0.05, 0) is 49.2 Å². The lowest BCUT2D eigenvalue weighted by Crippen LogP contribution is -2.28. The minimum atomic E-state index is -0.363. The molecule has 1 aliphatic carbocycles. The third-order valence-corrected chi connectivity index (χ3v) is 5.45. The van der Waals surface area contributed by atoms with Crippen molar-refractivity contribution in [3.8, 4) is 11.3 Å². The normalized spacial score (nSPS) is 18.8. The van der Waals surface area contributed by atoms with Crippen LogP contribution in [0.4, 0.5) is 11.4 Å². The predicted molar refractivity (Wildman–Crippen MR) is 109 cm³/mol. The van der Waals surface area contributed by atoms with Gasteiger partial charge in [-0.1, -0.05) is 18.2 Å². The molecule has 6 nitrogen and oxygen atoms in total. The zero-order valence-corrected chi connectivity index (χ0v) is 15.9. The third-order valence-electron chi connectivity index (χ3n) is 5.45. The summed E-state index contributed by atoms with van der Waals surface area (Å²) in [5.74, 6) is 1.50. The molecule has 146 valence electrons. The van der Waals surface area contributed by atoms with Gasteiger partial charge in [0, 0.05) is 35.8 Å². The van der Waals surface area contributed by atoms with Crippen LogP contribution in [-0.4, -0.2) is 23.3 Å². The minimum absolute atomic E-state index is 0.0246. The van der Waals surface area contributed by atoms with E-state index in [-0.39, 0.29) is 24.2 Å². The number of benzene rings is 2. The number of para-hydroxylation sites is 1. The summed E-state index contributed by atoms with van der Waals surface area (Å²) in [5.41, 5.74) is 2.45. The highest BCUT2D eigenvalue weighted by atomic mass is 16.4. The first-order valence-corrected chi connectivity index (χ1v) is 9.90. The monoisotopic (exact) mass is 387 g/mol. The van der Waals surface area contributed by atoms with Crippen molar-refractivity contribution in [3.05, 3.63) is 66.7 Å². The fourth-order valence-corrected chi connectivity index (χ4v) is 3.64. The van der Waals surface area contributed by atoms with Crippen LogP contribution in [0.2, 0.25) is 0 Å². The maximum Gasteiger partial charge on any atom is 0.229 e. The molecule has 0 radical (unpaired) electrons.